The van der Waals surface area contributed by atoms with Gasteiger partial charge in [-0.25, -0.2) is 8.42 Å². The molecule has 9 rings (SSSR count). The smallest absolute Gasteiger partial charge is 0.255 e. The van der Waals surface area contributed by atoms with E-state index in [1.54, 1.807) is 27.4 Å². The number of benzene rings is 4. The standard InChI is InChI=1S/C49H58N8O7S/c1-32-11-14-36(15-12-32)65(63,64)57-23-19-38-43(31-58)52-42-16-13-34(29-39(42)47(38)57)33-6-2-7-35(28-33)51-45(59)10-4-21-54-24-26-55(27-25-54)22-5-20-50-41-9-3-8-37-40(41)30-56(49(37)62)44-17-18-46(60)53-48(44)61/h2-3,6-9,11-16,28-29,38,43-44,47,50,52,58H,4-5,10,17-27,30-31H2,1H3,(H,51,59)(H,53,60,61)/t38-,43+,44?,47-/m1/s1. The highest BCUT2D eigenvalue weighted by molar-refractivity contribution is 7.89. The number of carbonyl (C=O) groups excluding carboxylic acids is 4. The molecule has 4 aromatic rings. The van der Waals surface area contributed by atoms with Crippen molar-refractivity contribution in [2.24, 2.45) is 5.92 Å². The first-order valence-corrected chi connectivity index (χ1v) is 24.4. The molecule has 5 aliphatic rings. The molecule has 16 heteroatoms. The molecule has 0 bridgehead atoms. The van der Waals surface area contributed by atoms with Crippen LogP contribution in [0.5, 0.6) is 0 Å². The molecule has 0 spiro atoms. The maximum atomic E-state index is 14.0. The lowest BCUT2D eigenvalue weighted by Crippen LogP contribution is -2.52. The van der Waals surface area contributed by atoms with Crippen LogP contribution >= 0.6 is 0 Å². The van der Waals surface area contributed by atoms with Crippen LogP contribution in [0.4, 0.5) is 17.1 Å². The molecule has 65 heavy (non-hydrogen) atoms. The maximum absolute atomic E-state index is 14.0. The third kappa shape index (κ3) is 9.41. The predicted molar refractivity (Wildman–Crippen MR) is 249 cm³/mol. The monoisotopic (exact) mass is 902 g/mol. The number of aryl methyl sites for hydroxylation is 1. The Balaban J connectivity index is 0.727. The van der Waals surface area contributed by atoms with Crippen molar-refractivity contribution in [2.75, 3.05) is 74.9 Å². The van der Waals surface area contributed by atoms with Crippen LogP contribution in [0.3, 0.4) is 0 Å². The summed E-state index contributed by atoms with van der Waals surface area (Å²) in [5, 5.41) is 22.7. The largest absolute Gasteiger partial charge is 0.394 e. The van der Waals surface area contributed by atoms with Crippen LogP contribution < -0.4 is 21.3 Å². The van der Waals surface area contributed by atoms with Crippen molar-refractivity contribution in [3.8, 4) is 11.1 Å². The van der Waals surface area contributed by atoms with Crippen molar-refractivity contribution in [3.05, 3.63) is 107 Å². The molecule has 0 saturated carbocycles. The van der Waals surface area contributed by atoms with Crippen molar-refractivity contribution < 1.29 is 32.7 Å². The number of aliphatic hydroxyl groups excluding tert-OH is 1. The van der Waals surface area contributed by atoms with Gasteiger partial charge in [0.1, 0.15) is 6.04 Å². The lowest BCUT2D eigenvalue weighted by molar-refractivity contribution is -0.137. The van der Waals surface area contributed by atoms with E-state index in [-0.39, 0.29) is 47.6 Å². The zero-order chi connectivity index (χ0) is 45.2. The van der Waals surface area contributed by atoms with Gasteiger partial charge in [-0.05, 0) is 111 Å². The summed E-state index contributed by atoms with van der Waals surface area (Å²) in [5.41, 5.74) is 7.61. The van der Waals surface area contributed by atoms with Gasteiger partial charge in [0.15, 0.2) is 0 Å². The van der Waals surface area contributed by atoms with E-state index >= 15 is 0 Å². The fourth-order valence-corrected chi connectivity index (χ4v) is 12.0. The molecule has 5 aliphatic heterocycles. The summed E-state index contributed by atoms with van der Waals surface area (Å²) in [4.78, 5) is 57.2. The molecule has 0 aromatic heterocycles. The molecule has 0 aliphatic carbocycles. The zero-order valence-electron chi connectivity index (χ0n) is 36.8. The summed E-state index contributed by atoms with van der Waals surface area (Å²) >= 11 is 0. The van der Waals surface area contributed by atoms with E-state index in [9.17, 15) is 32.7 Å². The predicted octanol–water partition coefficient (Wildman–Crippen LogP) is 4.80. The van der Waals surface area contributed by atoms with Gasteiger partial charge in [0.05, 0.1) is 23.6 Å². The van der Waals surface area contributed by atoms with Gasteiger partial charge in [-0.1, -0.05) is 42.0 Å². The molecular formula is C49H58N8O7S. The Morgan fingerprint density at radius 3 is 2.34 bits per heavy atom. The van der Waals surface area contributed by atoms with Gasteiger partial charge in [0.2, 0.25) is 27.7 Å². The topological polar surface area (TPSA) is 184 Å². The highest BCUT2D eigenvalue weighted by atomic mass is 32.2. The van der Waals surface area contributed by atoms with Crippen molar-refractivity contribution in [1.29, 1.82) is 0 Å². The van der Waals surface area contributed by atoms with E-state index in [4.69, 9.17) is 0 Å². The number of sulfonamides is 1. The van der Waals surface area contributed by atoms with Crippen molar-refractivity contribution in [2.45, 2.75) is 75.0 Å². The summed E-state index contributed by atoms with van der Waals surface area (Å²) < 4.78 is 29.7. The number of amides is 4. The lowest BCUT2D eigenvalue weighted by atomic mass is 9.82. The van der Waals surface area contributed by atoms with Crippen LogP contribution in [0.25, 0.3) is 11.1 Å². The number of nitrogens with zero attached hydrogens (tertiary/aromatic N) is 4. The summed E-state index contributed by atoms with van der Waals surface area (Å²) in [6.07, 6.45) is 3.29. The van der Waals surface area contributed by atoms with Crippen molar-refractivity contribution in [3.63, 3.8) is 0 Å². The molecule has 3 saturated heterocycles. The third-order valence-electron chi connectivity index (χ3n) is 13.8. The average Bonchev–Trinajstić information content (AvgIpc) is 3.91. The number of aliphatic hydroxyl groups is 1. The number of hydrogen-bond donors (Lipinski definition) is 5. The first kappa shape index (κ1) is 44.5. The van der Waals surface area contributed by atoms with Gasteiger partial charge in [0.25, 0.3) is 5.91 Å². The number of piperazine rings is 1. The van der Waals surface area contributed by atoms with Gasteiger partial charge in [-0.15, -0.1) is 0 Å². The Morgan fingerprint density at radius 2 is 1.58 bits per heavy atom. The Labute approximate surface area is 380 Å². The number of rotatable bonds is 15. The van der Waals surface area contributed by atoms with Crippen LogP contribution in [0, 0.1) is 12.8 Å². The number of hydrogen-bond acceptors (Lipinski definition) is 11. The fraction of sp³-hybridized carbons (Fsp3) is 0.429. The van der Waals surface area contributed by atoms with Gasteiger partial charge >= 0.3 is 0 Å². The van der Waals surface area contributed by atoms with Crippen molar-refractivity contribution >= 4 is 50.7 Å². The third-order valence-corrected chi connectivity index (χ3v) is 15.7. The summed E-state index contributed by atoms with van der Waals surface area (Å²) in [6.45, 7) is 8.88. The first-order valence-electron chi connectivity index (χ1n) is 22.9. The SMILES string of the molecule is Cc1ccc(S(=O)(=O)N2CC[C@@H]3[C@H](CO)Nc4ccc(-c5cccc(NC(=O)CCCN6CCN(CCCNc7cccc8c7CN(C7CCC(=O)NC7=O)C8=O)CC6)c5)cc4[C@@H]32)cc1. The molecule has 0 radical (unpaired) electrons. The number of piperidine rings is 1. The van der Waals surface area contributed by atoms with Crippen LogP contribution in [0.1, 0.15) is 71.6 Å². The normalized spacial score (nSPS) is 22.5. The highest BCUT2D eigenvalue weighted by Gasteiger charge is 2.48. The number of nitrogens with one attached hydrogen (secondary N) is 4. The molecule has 5 N–H and O–H groups in total. The zero-order valence-corrected chi connectivity index (χ0v) is 37.6. The second-order valence-electron chi connectivity index (χ2n) is 18.0. The van der Waals surface area contributed by atoms with Gasteiger partial charge in [-0.3, -0.25) is 24.5 Å². The number of carbonyl (C=O) groups is 4. The van der Waals surface area contributed by atoms with Crippen molar-refractivity contribution in [1.82, 2.24) is 24.3 Å². The Hall–Kier alpha value is -5.65. The lowest BCUT2D eigenvalue weighted by Gasteiger charge is -2.39. The Bertz CT molecular complexity index is 2560. The Kier molecular flexibility index (Phi) is 13.1. The molecule has 5 heterocycles. The van der Waals surface area contributed by atoms with E-state index < -0.39 is 28.0 Å². The number of anilines is 3. The quantitative estimate of drug-likeness (QED) is 0.0817. The average molecular weight is 903 g/mol. The molecule has 4 atom stereocenters. The molecule has 4 amide bonds. The number of fused-ring (bicyclic) bond motifs is 4. The van der Waals surface area contributed by atoms with Crippen LogP contribution in [0.2, 0.25) is 0 Å². The summed E-state index contributed by atoms with van der Waals surface area (Å²) in [5.74, 6) is -1.01. The van der Waals surface area contributed by atoms with Gasteiger partial charge in [-0.2, -0.15) is 4.31 Å². The van der Waals surface area contributed by atoms with Gasteiger partial charge < -0.3 is 35.8 Å². The summed E-state index contributed by atoms with van der Waals surface area (Å²) in [6, 6.07) is 25.0. The van der Waals surface area contributed by atoms with Crippen LogP contribution in [-0.4, -0.2) is 127 Å². The second-order valence-corrected chi connectivity index (χ2v) is 19.9. The second kappa shape index (κ2) is 19.1. The molecule has 3 fully saturated rings. The van der Waals surface area contributed by atoms with E-state index in [0.29, 0.717) is 43.6 Å². The molecule has 4 aromatic carbocycles. The Morgan fingerprint density at radius 1 is 0.846 bits per heavy atom. The van der Waals surface area contributed by atoms with Crippen LogP contribution in [-0.2, 0) is 31.0 Å². The molecule has 1 unspecified atom stereocenters. The van der Waals surface area contributed by atoms with E-state index in [2.05, 4.69) is 37.1 Å². The minimum Gasteiger partial charge on any atom is -0.394 e. The maximum Gasteiger partial charge on any atom is 0.255 e. The first-order chi connectivity index (χ1) is 31.5. The minimum atomic E-state index is -3.79. The molecular weight excluding hydrogens is 845 g/mol. The van der Waals surface area contributed by atoms with Gasteiger partial charge in [0, 0.05) is 92.8 Å². The summed E-state index contributed by atoms with van der Waals surface area (Å²) in [7, 11) is -3.79. The molecule has 342 valence electrons. The minimum absolute atomic E-state index is 0.0409. The fourth-order valence-electron chi connectivity index (χ4n) is 10.3. The van der Waals surface area contributed by atoms with E-state index in [1.165, 1.54) is 0 Å². The van der Waals surface area contributed by atoms with Crippen LogP contribution in [0.15, 0.2) is 89.8 Å². The van der Waals surface area contributed by atoms with E-state index in [0.717, 1.165) is 97.8 Å². The number of imide groups is 1. The molecule has 15 nitrogen and oxygen atoms in total. The highest BCUT2D eigenvalue weighted by Crippen LogP contribution is 2.49. The van der Waals surface area contributed by atoms with E-state index in [1.807, 2.05) is 67.6 Å².